The zero-order valence-corrected chi connectivity index (χ0v) is 14.3. The zero-order chi connectivity index (χ0) is 16.2. The predicted octanol–water partition coefficient (Wildman–Crippen LogP) is 3.62. The summed E-state index contributed by atoms with van der Waals surface area (Å²) in [4.78, 5) is 22.9. The van der Waals surface area contributed by atoms with E-state index < -0.39 is 23.7 Å². The number of ether oxygens (including phenoxy) is 1. The molecule has 0 unspecified atom stereocenters. The molecular weight excluding hydrogens is 362 g/mol. The van der Waals surface area contributed by atoms with Gasteiger partial charge in [0, 0.05) is 10.9 Å². The number of alkyl carbamates (subject to hydrolysis) is 1. The van der Waals surface area contributed by atoms with Gasteiger partial charge in [-0.1, -0.05) is 17.7 Å². The summed E-state index contributed by atoms with van der Waals surface area (Å²) >= 11 is 9.22. The second kappa shape index (κ2) is 7.13. The molecule has 0 saturated carbocycles. The van der Waals surface area contributed by atoms with E-state index in [0.29, 0.717) is 10.6 Å². The molecule has 1 aromatic rings. The third-order valence-corrected chi connectivity index (χ3v) is 3.65. The summed E-state index contributed by atoms with van der Waals surface area (Å²) in [5.74, 6) is -1.14. The average molecular weight is 379 g/mol. The second-order valence-electron chi connectivity index (χ2n) is 5.49. The van der Waals surface area contributed by atoms with Crippen LogP contribution in [0.4, 0.5) is 4.79 Å². The maximum Gasteiger partial charge on any atom is 0.408 e. The average Bonchev–Trinajstić information content (AvgIpc) is 2.30. The highest BCUT2D eigenvalue weighted by Gasteiger charge is 2.24. The molecule has 0 aliphatic carbocycles. The largest absolute Gasteiger partial charge is 0.480 e. The Kier molecular flexibility index (Phi) is 6.04. The molecule has 0 aliphatic heterocycles. The van der Waals surface area contributed by atoms with Gasteiger partial charge < -0.3 is 15.2 Å². The predicted molar refractivity (Wildman–Crippen MR) is 83.6 cm³/mol. The van der Waals surface area contributed by atoms with Crippen molar-refractivity contribution in [1.82, 2.24) is 5.32 Å². The van der Waals surface area contributed by atoms with Gasteiger partial charge in [0.1, 0.15) is 11.6 Å². The third-order valence-electron chi connectivity index (χ3n) is 2.41. The van der Waals surface area contributed by atoms with E-state index in [4.69, 9.17) is 16.3 Å². The molecule has 1 amide bonds. The van der Waals surface area contributed by atoms with Gasteiger partial charge in [-0.25, -0.2) is 9.59 Å². The first-order chi connectivity index (χ1) is 9.58. The molecule has 1 rings (SSSR count). The van der Waals surface area contributed by atoms with Gasteiger partial charge in [-0.05, 0) is 54.4 Å². The van der Waals surface area contributed by atoms with Gasteiger partial charge in [0.05, 0.1) is 5.02 Å². The molecule has 0 aliphatic rings. The monoisotopic (exact) mass is 377 g/mol. The fourth-order valence-corrected chi connectivity index (χ4v) is 2.00. The molecule has 0 aromatic heterocycles. The Bertz CT molecular complexity index is 542. The number of benzene rings is 1. The van der Waals surface area contributed by atoms with Gasteiger partial charge in [0.25, 0.3) is 0 Å². The topological polar surface area (TPSA) is 75.6 Å². The lowest BCUT2D eigenvalue weighted by molar-refractivity contribution is -0.139. The lowest BCUT2D eigenvalue weighted by Crippen LogP contribution is -2.44. The molecule has 1 aromatic carbocycles. The van der Waals surface area contributed by atoms with E-state index >= 15 is 0 Å². The van der Waals surface area contributed by atoms with E-state index in [0.717, 1.165) is 4.47 Å². The van der Waals surface area contributed by atoms with E-state index in [-0.39, 0.29) is 6.42 Å². The minimum atomic E-state index is -1.14. The second-order valence-corrected chi connectivity index (χ2v) is 6.75. The maximum atomic E-state index is 11.7. The van der Waals surface area contributed by atoms with Crippen molar-refractivity contribution in [1.29, 1.82) is 0 Å². The van der Waals surface area contributed by atoms with Crippen LogP contribution in [0.25, 0.3) is 0 Å². The fraction of sp³-hybridized carbons (Fsp3) is 0.429. The first-order valence-corrected chi connectivity index (χ1v) is 7.42. The number of amides is 1. The Balaban J connectivity index is 2.76. The highest BCUT2D eigenvalue weighted by molar-refractivity contribution is 9.10. The third kappa shape index (κ3) is 6.35. The summed E-state index contributed by atoms with van der Waals surface area (Å²) in [7, 11) is 0. The van der Waals surface area contributed by atoms with Gasteiger partial charge in [-0.3, -0.25) is 0 Å². The molecular formula is C14H17BrClNO4. The minimum absolute atomic E-state index is 0.113. The molecule has 1 atom stereocenters. The SMILES string of the molecule is CC(C)(C)OC(=O)N[C@H](Cc1ccc(Br)c(Cl)c1)C(=O)O. The van der Waals surface area contributed by atoms with E-state index in [1.165, 1.54) is 0 Å². The highest BCUT2D eigenvalue weighted by atomic mass is 79.9. The molecule has 21 heavy (non-hydrogen) atoms. The van der Waals surface area contributed by atoms with Crippen LogP contribution in [0.15, 0.2) is 22.7 Å². The first-order valence-electron chi connectivity index (χ1n) is 6.25. The Morgan fingerprint density at radius 1 is 1.43 bits per heavy atom. The van der Waals surface area contributed by atoms with Crippen molar-refractivity contribution in [3.8, 4) is 0 Å². The summed E-state index contributed by atoms with van der Waals surface area (Å²) in [6, 6.07) is 4.03. The van der Waals surface area contributed by atoms with Crippen molar-refractivity contribution in [3.05, 3.63) is 33.3 Å². The quantitative estimate of drug-likeness (QED) is 0.839. The van der Waals surface area contributed by atoms with Crippen LogP contribution in [0.3, 0.4) is 0 Å². The maximum absolute atomic E-state index is 11.7. The molecule has 0 heterocycles. The van der Waals surface area contributed by atoms with Crippen molar-refractivity contribution >= 4 is 39.6 Å². The van der Waals surface area contributed by atoms with Crippen LogP contribution in [0.1, 0.15) is 26.3 Å². The van der Waals surface area contributed by atoms with Crippen LogP contribution in [-0.4, -0.2) is 28.8 Å². The standard InChI is InChI=1S/C14H17BrClNO4/c1-14(2,3)21-13(20)17-11(12(18)19)7-8-4-5-9(15)10(16)6-8/h4-6,11H,7H2,1-3H3,(H,17,20)(H,18,19)/t11-/m1/s1. The lowest BCUT2D eigenvalue weighted by atomic mass is 10.1. The van der Waals surface area contributed by atoms with Gasteiger partial charge in [-0.15, -0.1) is 0 Å². The molecule has 0 fully saturated rings. The van der Waals surface area contributed by atoms with Crippen molar-refractivity contribution < 1.29 is 19.4 Å². The number of hydrogen-bond acceptors (Lipinski definition) is 3. The number of carbonyl (C=O) groups excluding carboxylic acids is 1. The molecule has 7 heteroatoms. The van der Waals surface area contributed by atoms with E-state index in [9.17, 15) is 14.7 Å². The van der Waals surface area contributed by atoms with Crippen LogP contribution >= 0.6 is 27.5 Å². The number of carbonyl (C=O) groups is 2. The zero-order valence-electron chi connectivity index (χ0n) is 11.9. The van der Waals surface area contributed by atoms with E-state index in [1.807, 2.05) is 0 Å². The number of hydrogen-bond donors (Lipinski definition) is 2. The molecule has 5 nitrogen and oxygen atoms in total. The Morgan fingerprint density at radius 3 is 2.52 bits per heavy atom. The van der Waals surface area contributed by atoms with Gasteiger partial charge in [0.2, 0.25) is 0 Å². The lowest BCUT2D eigenvalue weighted by Gasteiger charge is -2.22. The summed E-state index contributed by atoms with van der Waals surface area (Å²) in [6.07, 6.45) is -0.653. The number of aliphatic carboxylic acids is 1. The Morgan fingerprint density at radius 2 is 2.05 bits per heavy atom. The molecule has 116 valence electrons. The van der Waals surface area contributed by atoms with E-state index in [2.05, 4.69) is 21.2 Å². The van der Waals surface area contributed by atoms with E-state index in [1.54, 1.807) is 39.0 Å². The molecule has 0 saturated heterocycles. The van der Waals surface area contributed by atoms with Crippen molar-refractivity contribution in [3.63, 3.8) is 0 Å². The first kappa shape index (κ1) is 17.8. The Hall–Kier alpha value is -1.27. The highest BCUT2D eigenvalue weighted by Crippen LogP contribution is 2.23. The Labute approximate surface area is 136 Å². The van der Waals surface area contributed by atoms with Crippen LogP contribution < -0.4 is 5.32 Å². The summed E-state index contributed by atoms with van der Waals surface area (Å²) < 4.78 is 5.77. The normalized spacial score (nSPS) is 12.6. The molecule has 0 radical (unpaired) electrons. The number of nitrogens with one attached hydrogen (secondary N) is 1. The van der Waals surface area contributed by atoms with Crippen LogP contribution in [0, 0.1) is 0 Å². The molecule has 2 N–H and O–H groups in total. The van der Waals surface area contributed by atoms with Crippen LogP contribution in [0.2, 0.25) is 5.02 Å². The smallest absolute Gasteiger partial charge is 0.408 e. The van der Waals surface area contributed by atoms with Crippen molar-refractivity contribution in [2.45, 2.75) is 38.8 Å². The molecule has 0 spiro atoms. The van der Waals surface area contributed by atoms with Gasteiger partial charge in [0.15, 0.2) is 0 Å². The summed E-state index contributed by atoms with van der Waals surface area (Å²) in [6.45, 7) is 5.12. The fourth-order valence-electron chi connectivity index (χ4n) is 1.55. The number of rotatable bonds is 4. The van der Waals surface area contributed by atoms with Crippen LogP contribution in [-0.2, 0) is 16.0 Å². The number of carboxylic acid groups (broad SMARTS) is 1. The van der Waals surface area contributed by atoms with Crippen molar-refractivity contribution in [2.24, 2.45) is 0 Å². The van der Waals surface area contributed by atoms with Crippen LogP contribution in [0.5, 0.6) is 0 Å². The number of halogens is 2. The summed E-state index contributed by atoms with van der Waals surface area (Å²) in [5, 5.41) is 12.0. The summed E-state index contributed by atoms with van der Waals surface area (Å²) in [5.41, 5.74) is 0.0142. The van der Waals surface area contributed by atoms with Gasteiger partial charge in [-0.2, -0.15) is 0 Å². The van der Waals surface area contributed by atoms with Gasteiger partial charge >= 0.3 is 12.1 Å². The molecule has 0 bridgehead atoms. The number of carboxylic acids is 1. The minimum Gasteiger partial charge on any atom is -0.480 e. The van der Waals surface area contributed by atoms with Crippen molar-refractivity contribution in [2.75, 3.05) is 0 Å².